The van der Waals surface area contributed by atoms with Gasteiger partial charge in [-0.05, 0) is 12.5 Å². The predicted molar refractivity (Wildman–Crippen MR) is 75.2 cm³/mol. The fourth-order valence-corrected chi connectivity index (χ4v) is 2.65. The number of carbonyl (C=O) groups excluding carboxylic acids is 1. The fourth-order valence-electron chi connectivity index (χ4n) is 2.65. The third-order valence-corrected chi connectivity index (χ3v) is 3.78. The second-order valence-electron chi connectivity index (χ2n) is 4.74. The summed E-state index contributed by atoms with van der Waals surface area (Å²) in [5.74, 6) is 0.733. The standard InChI is InChI=1S/C14H21N2O3/c1-3-11-12(15)4-5-13(14(11)18-2)16(10-17)6-8-19-9-7-16/h4-5,10H,3,6-9,15H2,1-2H3/q+1. The summed E-state index contributed by atoms with van der Waals surface area (Å²) in [5.41, 5.74) is 8.54. The van der Waals surface area contributed by atoms with E-state index in [-0.39, 0.29) is 4.48 Å². The number of ether oxygens (including phenoxy) is 2. The lowest BCUT2D eigenvalue weighted by Gasteiger charge is -2.35. The zero-order chi connectivity index (χ0) is 13.9. The lowest BCUT2D eigenvalue weighted by molar-refractivity contribution is -0.121. The van der Waals surface area contributed by atoms with E-state index in [9.17, 15) is 4.79 Å². The molecule has 5 nitrogen and oxygen atoms in total. The minimum absolute atomic E-state index is 0.246. The molecule has 19 heavy (non-hydrogen) atoms. The Hall–Kier alpha value is -1.59. The number of hydrogen-bond acceptors (Lipinski definition) is 4. The van der Waals surface area contributed by atoms with Crippen molar-refractivity contribution < 1.29 is 14.3 Å². The van der Waals surface area contributed by atoms with Crippen molar-refractivity contribution in [3.63, 3.8) is 0 Å². The van der Waals surface area contributed by atoms with Gasteiger partial charge in [-0.2, -0.15) is 0 Å². The van der Waals surface area contributed by atoms with Gasteiger partial charge in [0, 0.05) is 17.3 Å². The average Bonchev–Trinajstić information content (AvgIpc) is 2.47. The van der Waals surface area contributed by atoms with E-state index in [0.29, 0.717) is 32.0 Å². The van der Waals surface area contributed by atoms with E-state index in [1.54, 1.807) is 7.11 Å². The molecule has 2 N–H and O–H groups in total. The SMILES string of the molecule is CCc1c(N)ccc([N+]2(C=O)CCOCC2)c1OC. The second kappa shape index (κ2) is 5.59. The van der Waals surface area contributed by atoms with Crippen molar-refractivity contribution in [3.8, 4) is 5.75 Å². The van der Waals surface area contributed by atoms with E-state index >= 15 is 0 Å². The van der Waals surface area contributed by atoms with Crippen molar-refractivity contribution in [2.24, 2.45) is 0 Å². The Kier molecular flexibility index (Phi) is 4.07. The molecule has 0 spiro atoms. The Morgan fingerprint density at radius 1 is 1.42 bits per heavy atom. The predicted octanol–water partition coefficient (Wildman–Crippen LogP) is 1.33. The summed E-state index contributed by atoms with van der Waals surface area (Å²) in [6.45, 7) is 4.45. The first kappa shape index (κ1) is 13.8. The van der Waals surface area contributed by atoms with E-state index in [4.69, 9.17) is 15.2 Å². The van der Waals surface area contributed by atoms with Crippen LogP contribution in [-0.4, -0.2) is 39.8 Å². The van der Waals surface area contributed by atoms with Gasteiger partial charge >= 0.3 is 6.41 Å². The molecule has 0 aliphatic carbocycles. The number of hydrogen-bond donors (Lipinski definition) is 1. The number of nitrogens with two attached hydrogens (primary N) is 1. The number of benzene rings is 1. The van der Waals surface area contributed by atoms with Gasteiger partial charge in [0.05, 0.1) is 20.3 Å². The molecule has 2 rings (SSSR count). The zero-order valence-electron chi connectivity index (χ0n) is 11.5. The average molecular weight is 265 g/mol. The van der Waals surface area contributed by atoms with Crippen LogP contribution in [-0.2, 0) is 16.0 Å². The molecular formula is C14H21N2O3+. The van der Waals surface area contributed by atoms with Gasteiger partial charge < -0.3 is 15.2 Å². The van der Waals surface area contributed by atoms with Crippen molar-refractivity contribution in [1.29, 1.82) is 0 Å². The first-order chi connectivity index (χ1) is 9.18. The largest absolute Gasteiger partial charge is 0.491 e. The lowest BCUT2D eigenvalue weighted by atomic mass is 10.1. The molecule has 0 atom stereocenters. The van der Waals surface area contributed by atoms with Crippen LogP contribution in [0.1, 0.15) is 12.5 Å². The second-order valence-corrected chi connectivity index (χ2v) is 4.74. The summed E-state index contributed by atoms with van der Waals surface area (Å²) in [6, 6.07) is 3.75. The van der Waals surface area contributed by atoms with Crippen LogP contribution in [0.4, 0.5) is 11.4 Å². The summed E-state index contributed by atoms with van der Waals surface area (Å²) in [6.07, 6.45) is 1.76. The van der Waals surface area contributed by atoms with E-state index in [1.807, 2.05) is 19.1 Å². The van der Waals surface area contributed by atoms with Gasteiger partial charge in [-0.1, -0.05) is 6.92 Å². The maximum absolute atomic E-state index is 11.7. The fraction of sp³-hybridized carbons (Fsp3) is 0.500. The molecule has 1 amide bonds. The first-order valence-electron chi connectivity index (χ1n) is 6.55. The van der Waals surface area contributed by atoms with Gasteiger partial charge in [-0.15, -0.1) is 0 Å². The number of anilines is 1. The van der Waals surface area contributed by atoms with Crippen LogP contribution >= 0.6 is 0 Å². The van der Waals surface area contributed by atoms with Gasteiger partial charge in [-0.25, -0.2) is 9.28 Å². The number of nitrogens with zero attached hydrogens (tertiary/aromatic N) is 1. The van der Waals surface area contributed by atoms with Crippen LogP contribution in [0.5, 0.6) is 5.75 Å². The van der Waals surface area contributed by atoms with Crippen LogP contribution < -0.4 is 15.0 Å². The first-order valence-corrected chi connectivity index (χ1v) is 6.55. The molecule has 1 aliphatic rings. The van der Waals surface area contributed by atoms with Gasteiger partial charge in [0.25, 0.3) is 0 Å². The van der Waals surface area contributed by atoms with Crippen LogP contribution in [0, 0.1) is 0 Å². The van der Waals surface area contributed by atoms with Crippen LogP contribution in [0.3, 0.4) is 0 Å². The highest BCUT2D eigenvalue weighted by Gasteiger charge is 2.37. The molecule has 104 valence electrons. The van der Waals surface area contributed by atoms with Crippen molar-refractivity contribution in [1.82, 2.24) is 4.48 Å². The summed E-state index contributed by atoms with van der Waals surface area (Å²) in [4.78, 5) is 11.7. The number of amides is 1. The Labute approximate surface area is 113 Å². The number of methoxy groups -OCH3 is 1. The third kappa shape index (κ3) is 2.31. The molecule has 0 bridgehead atoms. The molecule has 1 fully saturated rings. The normalized spacial score (nSPS) is 18.0. The van der Waals surface area contributed by atoms with Crippen molar-refractivity contribution in [2.45, 2.75) is 13.3 Å². The van der Waals surface area contributed by atoms with Crippen molar-refractivity contribution in [3.05, 3.63) is 17.7 Å². The summed E-state index contributed by atoms with van der Waals surface area (Å²) < 4.78 is 11.1. The van der Waals surface area contributed by atoms with Gasteiger partial charge in [0.15, 0.2) is 11.4 Å². The number of carbonyl (C=O) groups is 1. The molecular weight excluding hydrogens is 244 g/mol. The smallest absolute Gasteiger partial charge is 0.306 e. The Morgan fingerprint density at radius 2 is 2.11 bits per heavy atom. The topological polar surface area (TPSA) is 61.6 Å². The maximum atomic E-state index is 11.7. The highest BCUT2D eigenvalue weighted by molar-refractivity contribution is 5.77. The molecule has 1 aromatic rings. The van der Waals surface area contributed by atoms with E-state index in [0.717, 1.165) is 29.8 Å². The van der Waals surface area contributed by atoms with Crippen LogP contribution in [0.2, 0.25) is 0 Å². The summed E-state index contributed by atoms with van der Waals surface area (Å²) in [5, 5.41) is 0. The molecule has 0 unspecified atom stereocenters. The Balaban J connectivity index is 2.57. The van der Waals surface area contributed by atoms with Crippen LogP contribution in [0.15, 0.2) is 12.1 Å². The van der Waals surface area contributed by atoms with Crippen LogP contribution in [0.25, 0.3) is 0 Å². The number of morpholine rings is 1. The number of nitrogen functional groups attached to an aromatic ring is 1. The van der Waals surface area contributed by atoms with E-state index in [2.05, 4.69) is 0 Å². The third-order valence-electron chi connectivity index (χ3n) is 3.78. The van der Waals surface area contributed by atoms with E-state index < -0.39 is 0 Å². The van der Waals surface area contributed by atoms with Gasteiger partial charge in [0.1, 0.15) is 13.1 Å². The van der Waals surface area contributed by atoms with Gasteiger partial charge in [0.2, 0.25) is 0 Å². The maximum Gasteiger partial charge on any atom is 0.306 e. The highest BCUT2D eigenvalue weighted by Crippen LogP contribution is 2.39. The quantitative estimate of drug-likeness (QED) is 0.507. The molecule has 0 radical (unpaired) electrons. The Morgan fingerprint density at radius 3 is 2.63 bits per heavy atom. The minimum Gasteiger partial charge on any atom is -0.491 e. The lowest BCUT2D eigenvalue weighted by Crippen LogP contribution is -2.55. The number of rotatable bonds is 4. The Bertz CT molecular complexity index is 468. The minimum atomic E-state index is 0.246. The summed E-state index contributed by atoms with van der Waals surface area (Å²) >= 11 is 0. The highest BCUT2D eigenvalue weighted by atomic mass is 16.5. The number of quaternary nitrogens is 1. The molecule has 1 heterocycles. The molecule has 1 aromatic carbocycles. The summed E-state index contributed by atoms with van der Waals surface area (Å²) in [7, 11) is 1.62. The molecule has 0 aromatic heterocycles. The van der Waals surface area contributed by atoms with Crippen molar-refractivity contribution >= 4 is 17.8 Å². The monoisotopic (exact) mass is 265 g/mol. The molecule has 1 aliphatic heterocycles. The van der Waals surface area contributed by atoms with Crippen molar-refractivity contribution in [2.75, 3.05) is 39.1 Å². The zero-order valence-corrected chi connectivity index (χ0v) is 11.5. The molecule has 1 saturated heterocycles. The molecule has 0 saturated carbocycles. The molecule has 5 heteroatoms. The van der Waals surface area contributed by atoms with Gasteiger partial charge in [-0.3, -0.25) is 0 Å². The van der Waals surface area contributed by atoms with E-state index in [1.165, 1.54) is 0 Å².